The van der Waals surface area contributed by atoms with Crippen LogP contribution in [0.2, 0.25) is 0 Å². The fourth-order valence-electron chi connectivity index (χ4n) is 1.32. The van der Waals surface area contributed by atoms with E-state index in [4.69, 9.17) is 9.57 Å². The van der Waals surface area contributed by atoms with Crippen molar-refractivity contribution in [2.24, 2.45) is 0 Å². The predicted octanol–water partition coefficient (Wildman–Crippen LogP) is 5.41. The number of hydroxylamine groups is 2. The summed E-state index contributed by atoms with van der Waals surface area (Å²) >= 11 is 0. The van der Waals surface area contributed by atoms with Crippen LogP contribution in [0.5, 0.6) is 0 Å². The molecule has 0 aromatic heterocycles. The Morgan fingerprint density at radius 1 is 1.14 bits per heavy atom. The van der Waals surface area contributed by atoms with Gasteiger partial charge in [0.2, 0.25) is 0 Å². The molecular formula is C19H33NO2. The van der Waals surface area contributed by atoms with Crippen LogP contribution in [-0.2, 0) is 9.57 Å². The van der Waals surface area contributed by atoms with Crippen LogP contribution in [0.1, 0.15) is 40.5 Å². The molecule has 0 heterocycles. The van der Waals surface area contributed by atoms with Crippen molar-refractivity contribution in [1.82, 2.24) is 5.06 Å². The Balaban J connectivity index is 0. The third-order valence-electron chi connectivity index (χ3n) is 2.63. The Kier molecular flexibility index (Phi) is 17.7. The van der Waals surface area contributed by atoms with E-state index < -0.39 is 0 Å². The molecule has 0 aliphatic heterocycles. The molecule has 0 aromatic carbocycles. The van der Waals surface area contributed by atoms with Gasteiger partial charge >= 0.3 is 0 Å². The summed E-state index contributed by atoms with van der Waals surface area (Å²) in [6.45, 7) is 12.6. The van der Waals surface area contributed by atoms with Gasteiger partial charge < -0.3 is 4.74 Å². The highest BCUT2D eigenvalue weighted by Crippen LogP contribution is 2.03. The highest BCUT2D eigenvalue weighted by molar-refractivity contribution is 5.19. The van der Waals surface area contributed by atoms with Gasteiger partial charge in [0.15, 0.2) is 0 Å². The van der Waals surface area contributed by atoms with Crippen molar-refractivity contribution >= 4 is 0 Å². The summed E-state index contributed by atoms with van der Waals surface area (Å²) in [7, 11) is 3.48. The molecule has 0 rings (SSSR count). The van der Waals surface area contributed by atoms with Crippen LogP contribution in [-0.4, -0.2) is 25.8 Å². The summed E-state index contributed by atoms with van der Waals surface area (Å²) in [5.41, 5.74) is 1.23. The van der Waals surface area contributed by atoms with E-state index in [2.05, 4.69) is 19.6 Å². The zero-order chi connectivity index (χ0) is 17.2. The first kappa shape index (κ1) is 22.5. The standard InChI is InChI=1S/C10H17NO.C9H16O/c1-5-7-10(6-2)8-9-11(3)12-4;1-4-7-9(6-3)10-8-5-2/h5-6,8-9H,1,7H2,2-4H3;4,6-7H,5,8H2,1-3H3/b9-8-,10-6-;7-4-,9-6+. The molecule has 0 aliphatic rings. The third-order valence-corrected chi connectivity index (χ3v) is 2.63. The highest BCUT2D eigenvalue weighted by Gasteiger charge is 1.88. The minimum atomic E-state index is 0.810. The van der Waals surface area contributed by atoms with Gasteiger partial charge in [-0.2, -0.15) is 0 Å². The molecule has 0 fully saturated rings. The minimum absolute atomic E-state index is 0.810. The van der Waals surface area contributed by atoms with Crippen molar-refractivity contribution in [1.29, 1.82) is 0 Å². The maximum Gasteiger partial charge on any atom is 0.114 e. The first-order chi connectivity index (χ1) is 10.6. The van der Waals surface area contributed by atoms with Crippen LogP contribution in [0.3, 0.4) is 0 Å². The molecule has 3 heteroatoms. The second-order valence-electron chi connectivity index (χ2n) is 4.44. The highest BCUT2D eigenvalue weighted by atomic mass is 16.7. The Hall–Kier alpha value is -1.74. The Bertz CT molecular complexity index is 379. The second-order valence-corrected chi connectivity index (χ2v) is 4.44. The van der Waals surface area contributed by atoms with Crippen LogP contribution >= 0.6 is 0 Å². The molecule has 126 valence electrons. The molecular weight excluding hydrogens is 274 g/mol. The second kappa shape index (κ2) is 17.3. The normalized spacial score (nSPS) is 12.3. The molecule has 0 aliphatic carbocycles. The van der Waals surface area contributed by atoms with Gasteiger partial charge in [0.05, 0.1) is 13.7 Å². The molecule has 0 spiro atoms. The molecule has 0 atom stereocenters. The van der Waals surface area contributed by atoms with Crippen LogP contribution in [0.15, 0.2) is 60.6 Å². The van der Waals surface area contributed by atoms with E-state index in [9.17, 15) is 0 Å². The lowest BCUT2D eigenvalue weighted by Gasteiger charge is -2.08. The molecule has 0 aromatic rings. The molecule has 0 saturated heterocycles. The molecule has 0 bridgehead atoms. The molecule has 0 radical (unpaired) electrons. The van der Waals surface area contributed by atoms with E-state index in [0.717, 1.165) is 25.2 Å². The van der Waals surface area contributed by atoms with Crippen molar-refractivity contribution in [3.05, 3.63) is 60.6 Å². The maximum absolute atomic E-state index is 5.36. The fraction of sp³-hybridized carbons (Fsp3) is 0.474. The lowest BCUT2D eigenvalue weighted by Crippen LogP contribution is -2.07. The Labute approximate surface area is 137 Å². The SMILES string of the molecule is C/C=C\C(=C/C)OCCC.C=CCC(/C=C\N(C)OC)=C/C. The van der Waals surface area contributed by atoms with Crippen LogP contribution < -0.4 is 0 Å². The average molecular weight is 307 g/mol. The summed E-state index contributed by atoms with van der Waals surface area (Å²) in [5.74, 6) is 0.962. The minimum Gasteiger partial charge on any atom is -0.494 e. The van der Waals surface area contributed by atoms with E-state index in [1.807, 2.05) is 64.4 Å². The van der Waals surface area contributed by atoms with Crippen LogP contribution in [0, 0.1) is 0 Å². The van der Waals surface area contributed by atoms with E-state index in [1.54, 1.807) is 12.2 Å². The fourth-order valence-corrected chi connectivity index (χ4v) is 1.32. The zero-order valence-electron chi connectivity index (χ0n) is 15.1. The van der Waals surface area contributed by atoms with E-state index >= 15 is 0 Å². The summed E-state index contributed by atoms with van der Waals surface area (Å²) in [6.07, 6.45) is 15.7. The molecule has 22 heavy (non-hydrogen) atoms. The quantitative estimate of drug-likeness (QED) is 0.246. The van der Waals surface area contributed by atoms with Crippen LogP contribution in [0.25, 0.3) is 0 Å². The van der Waals surface area contributed by atoms with Gasteiger partial charge in [0, 0.05) is 13.2 Å². The number of nitrogens with zero attached hydrogens (tertiary/aromatic N) is 1. The maximum atomic E-state index is 5.36. The molecule has 0 amide bonds. The topological polar surface area (TPSA) is 21.7 Å². The summed E-state index contributed by atoms with van der Waals surface area (Å²) in [4.78, 5) is 4.92. The van der Waals surface area contributed by atoms with E-state index in [0.29, 0.717) is 0 Å². The van der Waals surface area contributed by atoms with E-state index in [1.165, 1.54) is 5.57 Å². The third kappa shape index (κ3) is 14.7. The molecule has 3 nitrogen and oxygen atoms in total. The van der Waals surface area contributed by atoms with Gasteiger partial charge in [-0.25, -0.2) is 0 Å². The van der Waals surface area contributed by atoms with Crippen molar-refractivity contribution in [2.75, 3.05) is 20.8 Å². The lowest BCUT2D eigenvalue weighted by atomic mass is 10.2. The summed E-state index contributed by atoms with van der Waals surface area (Å²) in [6, 6.07) is 0. The molecule has 0 unspecified atom stereocenters. The van der Waals surface area contributed by atoms with Gasteiger partial charge in [0.1, 0.15) is 5.76 Å². The number of allylic oxidation sites excluding steroid dienone is 7. The largest absolute Gasteiger partial charge is 0.494 e. The van der Waals surface area contributed by atoms with Gasteiger partial charge in [-0.15, -0.1) is 6.58 Å². The molecule has 0 saturated carbocycles. The first-order valence-electron chi connectivity index (χ1n) is 7.72. The van der Waals surface area contributed by atoms with E-state index in [-0.39, 0.29) is 0 Å². The predicted molar refractivity (Wildman–Crippen MR) is 97.3 cm³/mol. The van der Waals surface area contributed by atoms with Crippen molar-refractivity contribution in [3.8, 4) is 0 Å². The van der Waals surface area contributed by atoms with Crippen molar-refractivity contribution in [3.63, 3.8) is 0 Å². The number of rotatable bonds is 9. The smallest absolute Gasteiger partial charge is 0.114 e. The summed E-state index contributed by atoms with van der Waals surface area (Å²) in [5, 5.41) is 1.65. The van der Waals surface area contributed by atoms with Crippen molar-refractivity contribution in [2.45, 2.75) is 40.5 Å². The lowest BCUT2D eigenvalue weighted by molar-refractivity contribution is -0.0645. The van der Waals surface area contributed by atoms with Gasteiger partial charge in [-0.3, -0.25) is 9.90 Å². The first-order valence-corrected chi connectivity index (χ1v) is 7.72. The number of hydrogen-bond donors (Lipinski definition) is 0. The Morgan fingerprint density at radius 2 is 1.82 bits per heavy atom. The summed E-state index contributed by atoms with van der Waals surface area (Å²) < 4.78 is 5.36. The average Bonchev–Trinajstić information content (AvgIpc) is 2.55. The van der Waals surface area contributed by atoms with Gasteiger partial charge in [-0.05, 0) is 57.4 Å². The number of ether oxygens (including phenoxy) is 1. The molecule has 0 N–H and O–H groups in total. The monoisotopic (exact) mass is 307 g/mol. The van der Waals surface area contributed by atoms with Crippen LogP contribution in [0.4, 0.5) is 0 Å². The number of hydrogen-bond acceptors (Lipinski definition) is 3. The van der Waals surface area contributed by atoms with Gasteiger partial charge in [-0.1, -0.05) is 25.2 Å². The van der Waals surface area contributed by atoms with Gasteiger partial charge in [0.25, 0.3) is 0 Å². The van der Waals surface area contributed by atoms with Crippen molar-refractivity contribution < 1.29 is 9.57 Å². The Morgan fingerprint density at radius 3 is 2.23 bits per heavy atom. The zero-order valence-corrected chi connectivity index (χ0v) is 15.1.